The van der Waals surface area contributed by atoms with Crippen LogP contribution in [0.4, 0.5) is 10.5 Å². The van der Waals surface area contributed by atoms with Crippen molar-refractivity contribution in [3.05, 3.63) is 59.2 Å². The summed E-state index contributed by atoms with van der Waals surface area (Å²) >= 11 is 1.58. The highest BCUT2D eigenvalue weighted by Crippen LogP contribution is 2.29. The molecule has 214 valence electrons. The maximum Gasteiger partial charge on any atom is 0.408 e. The molecule has 0 radical (unpaired) electrons. The molecule has 0 bridgehead atoms. The molecule has 9 heteroatoms. The third kappa shape index (κ3) is 9.80. The molecule has 0 aliphatic heterocycles. The maximum atomic E-state index is 14.1. The van der Waals surface area contributed by atoms with Crippen molar-refractivity contribution < 1.29 is 23.9 Å². The van der Waals surface area contributed by atoms with Gasteiger partial charge in [0.05, 0.1) is 7.11 Å². The van der Waals surface area contributed by atoms with Gasteiger partial charge in [-0.3, -0.25) is 9.59 Å². The number of aryl methyl sites for hydroxylation is 2. The molecular formula is C30H43N3O5S. The van der Waals surface area contributed by atoms with E-state index in [1.807, 2.05) is 45.2 Å². The summed E-state index contributed by atoms with van der Waals surface area (Å²) in [6, 6.07) is 11.1. The lowest BCUT2D eigenvalue weighted by atomic mass is 9.96. The molecule has 3 amide bonds. The molecule has 39 heavy (non-hydrogen) atoms. The Morgan fingerprint density at radius 1 is 1.05 bits per heavy atom. The van der Waals surface area contributed by atoms with Crippen LogP contribution in [0.3, 0.4) is 0 Å². The zero-order valence-corrected chi connectivity index (χ0v) is 25.2. The van der Waals surface area contributed by atoms with Crippen molar-refractivity contribution in [2.75, 3.05) is 31.0 Å². The third-order valence-corrected chi connectivity index (χ3v) is 6.63. The van der Waals surface area contributed by atoms with E-state index >= 15 is 0 Å². The van der Waals surface area contributed by atoms with Gasteiger partial charge in [-0.1, -0.05) is 30.7 Å². The number of thioether (sulfide) groups is 1. The monoisotopic (exact) mass is 557 g/mol. The Morgan fingerprint density at radius 2 is 1.72 bits per heavy atom. The number of carbonyl (C=O) groups excluding carboxylic acids is 3. The highest BCUT2D eigenvalue weighted by Gasteiger charge is 2.36. The summed E-state index contributed by atoms with van der Waals surface area (Å²) in [7, 11) is 1.58. The first-order chi connectivity index (χ1) is 18.4. The molecule has 0 spiro atoms. The average Bonchev–Trinajstić information content (AvgIpc) is 2.86. The summed E-state index contributed by atoms with van der Waals surface area (Å²) in [5.41, 5.74) is 2.57. The Kier molecular flexibility index (Phi) is 12.2. The quantitative estimate of drug-likeness (QED) is 0.338. The largest absolute Gasteiger partial charge is 0.497 e. The fourth-order valence-electron chi connectivity index (χ4n) is 4.22. The van der Waals surface area contributed by atoms with Gasteiger partial charge in [0.2, 0.25) is 5.91 Å². The number of benzene rings is 2. The molecule has 2 N–H and O–H groups in total. The lowest BCUT2D eigenvalue weighted by Crippen LogP contribution is -2.52. The van der Waals surface area contributed by atoms with Crippen LogP contribution in [0, 0.1) is 13.8 Å². The summed E-state index contributed by atoms with van der Waals surface area (Å²) < 4.78 is 10.7. The van der Waals surface area contributed by atoms with Crippen LogP contribution in [0.25, 0.3) is 0 Å². The molecule has 2 aromatic carbocycles. The van der Waals surface area contributed by atoms with Crippen LogP contribution in [0.1, 0.15) is 63.3 Å². The van der Waals surface area contributed by atoms with Gasteiger partial charge < -0.3 is 25.0 Å². The van der Waals surface area contributed by atoms with E-state index in [1.54, 1.807) is 68.8 Å². The first-order valence-corrected chi connectivity index (χ1v) is 14.6. The summed E-state index contributed by atoms with van der Waals surface area (Å²) in [6.45, 7) is 11.5. The normalized spacial score (nSPS) is 12.7. The molecule has 2 unspecified atom stereocenters. The molecule has 0 aliphatic rings. The van der Waals surface area contributed by atoms with Gasteiger partial charge in [-0.2, -0.15) is 11.8 Å². The average molecular weight is 558 g/mol. The second kappa shape index (κ2) is 14.8. The number of nitrogens with zero attached hydrogens (tertiary/aromatic N) is 1. The fraction of sp³-hybridized carbons (Fsp3) is 0.500. The Labute approximate surface area is 237 Å². The van der Waals surface area contributed by atoms with Gasteiger partial charge in [-0.25, -0.2) is 4.79 Å². The number of anilines is 1. The van der Waals surface area contributed by atoms with Crippen LogP contribution < -0.4 is 15.4 Å². The Balaban J connectivity index is 2.51. The number of hydrogen-bond acceptors (Lipinski definition) is 6. The van der Waals surface area contributed by atoms with Crippen LogP contribution in [0.2, 0.25) is 0 Å². The van der Waals surface area contributed by atoms with E-state index in [1.165, 1.54) is 0 Å². The third-order valence-electron chi connectivity index (χ3n) is 5.98. The Morgan fingerprint density at radius 3 is 2.26 bits per heavy atom. The lowest BCUT2D eigenvalue weighted by Gasteiger charge is -2.35. The van der Waals surface area contributed by atoms with E-state index in [0.717, 1.165) is 16.7 Å². The second-order valence-corrected chi connectivity index (χ2v) is 11.5. The van der Waals surface area contributed by atoms with Crippen molar-refractivity contribution in [2.45, 2.75) is 72.1 Å². The Hall–Kier alpha value is -3.20. The summed E-state index contributed by atoms with van der Waals surface area (Å²) in [4.78, 5) is 42.3. The number of alkyl carbamates (subject to hydrolysis) is 1. The molecule has 0 saturated carbocycles. The van der Waals surface area contributed by atoms with E-state index in [-0.39, 0.29) is 11.8 Å². The number of amides is 3. The first-order valence-electron chi connectivity index (χ1n) is 13.2. The zero-order chi connectivity index (χ0) is 29.2. The maximum absolute atomic E-state index is 14.1. The van der Waals surface area contributed by atoms with Gasteiger partial charge in [0, 0.05) is 12.2 Å². The van der Waals surface area contributed by atoms with E-state index in [0.29, 0.717) is 36.6 Å². The molecule has 2 aromatic rings. The topological polar surface area (TPSA) is 97.0 Å². The molecule has 0 aromatic heterocycles. The highest BCUT2D eigenvalue weighted by atomic mass is 32.2. The summed E-state index contributed by atoms with van der Waals surface area (Å²) in [6.07, 6.45) is 2.31. The van der Waals surface area contributed by atoms with Gasteiger partial charge in [0.15, 0.2) is 0 Å². The smallest absolute Gasteiger partial charge is 0.408 e. The predicted molar refractivity (Wildman–Crippen MR) is 158 cm³/mol. The van der Waals surface area contributed by atoms with Gasteiger partial charge in [0.25, 0.3) is 5.91 Å². The van der Waals surface area contributed by atoms with Gasteiger partial charge in [-0.05, 0) is 94.9 Å². The number of nitrogens with one attached hydrogen (secondary N) is 2. The van der Waals surface area contributed by atoms with Gasteiger partial charge in [0.1, 0.15) is 23.4 Å². The van der Waals surface area contributed by atoms with Crippen LogP contribution in [0.15, 0.2) is 42.5 Å². The van der Waals surface area contributed by atoms with Crippen molar-refractivity contribution >= 4 is 35.4 Å². The number of hydrogen-bond donors (Lipinski definition) is 2. The molecule has 0 saturated heterocycles. The lowest BCUT2D eigenvalue weighted by molar-refractivity contribution is -0.140. The van der Waals surface area contributed by atoms with Crippen molar-refractivity contribution in [1.29, 1.82) is 0 Å². The molecule has 2 rings (SSSR count). The SMILES string of the molecule is CCCN(C(=O)C(CCSC)NC(=O)OC(C)(C)C)C(C(=O)Nc1ccc(OC)cc1)c1ccc(C)cc1C. The van der Waals surface area contributed by atoms with Crippen molar-refractivity contribution in [2.24, 2.45) is 0 Å². The van der Waals surface area contributed by atoms with E-state index in [9.17, 15) is 14.4 Å². The molecule has 0 fully saturated rings. The van der Waals surface area contributed by atoms with Crippen LogP contribution in [-0.4, -0.2) is 60.1 Å². The predicted octanol–water partition coefficient (Wildman–Crippen LogP) is 5.88. The number of rotatable bonds is 12. The second-order valence-electron chi connectivity index (χ2n) is 10.5. The molecule has 0 aliphatic carbocycles. The molecule has 2 atom stereocenters. The van der Waals surface area contributed by atoms with Crippen molar-refractivity contribution in [1.82, 2.24) is 10.2 Å². The zero-order valence-electron chi connectivity index (χ0n) is 24.4. The number of ether oxygens (including phenoxy) is 2. The van der Waals surface area contributed by atoms with Crippen LogP contribution in [-0.2, 0) is 14.3 Å². The van der Waals surface area contributed by atoms with E-state index in [4.69, 9.17) is 9.47 Å². The van der Waals surface area contributed by atoms with Gasteiger partial charge in [-0.15, -0.1) is 0 Å². The number of carbonyl (C=O) groups is 3. The van der Waals surface area contributed by atoms with Crippen molar-refractivity contribution in [3.8, 4) is 5.75 Å². The van der Waals surface area contributed by atoms with Gasteiger partial charge >= 0.3 is 6.09 Å². The van der Waals surface area contributed by atoms with Crippen LogP contribution in [0.5, 0.6) is 5.75 Å². The molecular weight excluding hydrogens is 514 g/mol. The minimum absolute atomic E-state index is 0.327. The van der Waals surface area contributed by atoms with Crippen molar-refractivity contribution in [3.63, 3.8) is 0 Å². The standard InChI is InChI=1S/C30H43N3O5S/c1-9-17-33(28(35)25(16-18-39-8)32-29(36)38-30(4,5)6)26(24-15-10-20(2)19-21(24)3)27(34)31-22-11-13-23(37-7)14-12-22/h10-15,19,25-26H,9,16-18H2,1-8H3,(H,31,34)(H,32,36). The summed E-state index contributed by atoms with van der Waals surface area (Å²) in [5.74, 6) is 0.659. The first kappa shape index (κ1) is 32.0. The van der Waals surface area contributed by atoms with E-state index in [2.05, 4.69) is 10.6 Å². The minimum Gasteiger partial charge on any atom is -0.497 e. The Bertz CT molecular complexity index is 1110. The fourth-order valence-corrected chi connectivity index (χ4v) is 4.69. The highest BCUT2D eigenvalue weighted by molar-refractivity contribution is 7.98. The van der Waals surface area contributed by atoms with Crippen LogP contribution >= 0.6 is 11.8 Å². The molecule has 8 nitrogen and oxygen atoms in total. The number of methoxy groups -OCH3 is 1. The van der Waals surface area contributed by atoms with E-state index < -0.39 is 23.8 Å². The summed E-state index contributed by atoms with van der Waals surface area (Å²) in [5, 5.41) is 5.74. The minimum atomic E-state index is -0.905. The molecule has 0 heterocycles.